The monoisotopic (exact) mass is 240 g/mol. The lowest BCUT2D eigenvalue weighted by Gasteiger charge is -2.27. The first-order valence-corrected chi connectivity index (χ1v) is 6.06. The number of hydrogen-bond acceptors (Lipinski definition) is 2. The summed E-state index contributed by atoms with van der Waals surface area (Å²) in [6, 6.07) is 5.54. The van der Waals surface area contributed by atoms with Crippen LogP contribution in [0.2, 0.25) is 5.02 Å². The summed E-state index contributed by atoms with van der Waals surface area (Å²) in [4.78, 5) is 0. The Bertz CT molecular complexity index is 388. The molecule has 0 amide bonds. The molecule has 1 unspecified atom stereocenters. The molecular weight excluding hydrogens is 224 g/mol. The molecule has 0 saturated heterocycles. The molecule has 2 rings (SSSR count). The van der Waals surface area contributed by atoms with Gasteiger partial charge in [-0.1, -0.05) is 24.6 Å². The number of aliphatic hydroxyl groups is 1. The van der Waals surface area contributed by atoms with Gasteiger partial charge in [-0.25, -0.2) is 0 Å². The fraction of sp³-hybridized carbons (Fsp3) is 0.538. The van der Waals surface area contributed by atoms with E-state index in [1.807, 2.05) is 19.1 Å². The fourth-order valence-corrected chi connectivity index (χ4v) is 2.41. The molecule has 1 aromatic rings. The Balaban J connectivity index is 2.38. The molecule has 1 aromatic carbocycles. The van der Waals surface area contributed by atoms with Crippen molar-refractivity contribution in [1.82, 2.24) is 0 Å². The average molecular weight is 241 g/mol. The molecule has 1 fully saturated rings. The molecule has 0 heterocycles. The van der Waals surface area contributed by atoms with Crippen molar-refractivity contribution in [3.8, 4) is 5.75 Å². The lowest BCUT2D eigenvalue weighted by molar-refractivity contribution is 0.00873. The zero-order chi connectivity index (χ0) is 11.8. The van der Waals surface area contributed by atoms with Crippen LogP contribution in [0.3, 0.4) is 0 Å². The highest BCUT2D eigenvalue weighted by atomic mass is 35.5. The van der Waals surface area contributed by atoms with Crippen molar-refractivity contribution in [3.05, 3.63) is 28.8 Å². The van der Waals surface area contributed by atoms with Crippen molar-refractivity contribution in [2.45, 2.75) is 31.8 Å². The van der Waals surface area contributed by atoms with Crippen LogP contribution in [0.25, 0.3) is 0 Å². The van der Waals surface area contributed by atoms with Gasteiger partial charge in [0.15, 0.2) is 0 Å². The van der Waals surface area contributed by atoms with Gasteiger partial charge in [0.25, 0.3) is 0 Å². The van der Waals surface area contributed by atoms with E-state index in [1.165, 1.54) is 0 Å². The topological polar surface area (TPSA) is 29.5 Å². The molecule has 1 saturated carbocycles. The normalized spacial score (nSPS) is 19.2. The van der Waals surface area contributed by atoms with Crippen molar-refractivity contribution in [3.63, 3.8) is 0 Å². The Morgan fingerprint density at radius 2 is 2.19 bits per heavy atom. The van der Waals surface area contributed by atoms with Crippen molar-refractivity contribution >= 4 is 11.6 Å². The van der Waals surface area contributed by atoms with Gasteiger partial charge in [-0.15, -0.1) is 0 Å². The summed E-state index contributed by atoms with van der Waals surface area (Å²) in [7, 11) is 1.59. The fourth-order valence-electron chi connectivity index (χ4n) is 2.22. The summed E-state index contributed by atoms with van der Waals surface area (Å²) < 4.78 is 5.18. The maximum atomic E-state index is 10.6. The highest BCUT2D eigenvalue weighted by Gasteiger charge is 2.43. The standard InChI is InChI=1S/C13H17ClO2/c1-3-13(15,9-4-5-9)10-6-7-11(14)12(8-10)16-2/h6-9,15H,3-5H2,1-2H3. The van der Waals surface area contributed by atoms with Gasteiger partial charge in [0.2, 0.25) is 0 Å². The van der Waals surface area contributed by atoms with Gasteiger partial charge in [-0.05, 0) is 42.9 Å². The zero-order valence-corrected chi connectivity index (χ0v) is 10.4. The lowest BCUT2D eigenvalue weighted by Crippen LogP contribution is -2.27. The summed E-state index contributed by atoms with van der Waals surface area (Å²) in [6.07, 6.45) is 2.94. The Labute approximate surface area is 101 Å². The van der Waals surface area contributed by atoms with Crippen LogP contribution in [0.5, 0.6) is 5.75 Å². The maximum absolute atomic E-state index is 10.6. The van der Waals surface area contributed by atoms with Gasteiger partial charge in [0.05, 0.1) is 17.7 Å². The smallest absolute Gasteiger partial charge is 0.137 e. The van der Waals surface area contributed by atoms with E-state index in [1.54, 1.807) is 13.2 Å². The van der Waals surface area contributed by atoms with E-state index in [9.17, 15) is 5.11 Å². The molecule has 88 valence electrons. The molecule has 1 atom stereocenters. The van der Waals surface area contributed by atoms with Crippen LogP contribution in [-0.4, -0.2) is 12.2 Å². The van der Waals surface area contributed by atoms with Crippen LogP contribution in [-0.2, 0) is 5.60 Å². The second kappa shape index (κ2) is 4.27. The highest BCUT2D eigenvalue weighted by Crippen LogP contribution is 2.48. The minimum Gasteiger partial charge on any atom is -0.495 e. The van der Waals surface area contributed by atoms with E-state index < -0.39 is 5.60 Å². The molecule has 0 radical (unpaired) electrons. The van der Waals surface area contributed by atoms with Crippen molar-refractivity contribution < 1.29 is 9.84 Å². The van der Waals surface area contributed by atoms with Gasteiger partial charge in [0.1, 0.15) is 5.75 Å². The van der Waals surface area contributed by atoms with E-state index in [2.05, 4.69) is 0 Å². The van der Waals surface area contributed by atoms with Gasteiger partial charge in [0, 0.05) is 0 Å². The first-order chi connectivity index (χ1) is 7.61. The Morgan fingerprint density at radius 1 is 1.50 bits per heavy atom. The number of hydrogen-bond donors (Lipinski definition) is 1. The van der Waals surface area contributed by atoms with Crippen molar-refractivity contribution in [1.29, 1.82) is 0 Å². The molecule has 16 heavy (non-hydrogen) atoms. The van der Waals surface area contributed by atoms with Gasteiger partial charge < -0.3 is 9.84 Å². The molecular formula is C13H17ClO2. The van der Waals surface area contributed by atoms with Crippen LogP contribution < -0.4 is 4.74 Å². The maximum Gasteiger partial charge on any atom is 0.137 e. The molecule has 2 nitrogen and oxygen atoms in total. The Hall–Kier alpha value is -0.730. The molecule has 1 N–H and O–H groups in total. The molecule has 0 spiro atoms. The first kappa shape index (κ1) is 11.7. The summed E-state index contributed by atoms with van der Waals surface area (Å²) in [5.74, 6) is 1.02. The van der Waals surface area contributed by atoms with Crippen LogP contribution in [0.15, 0.2) is 18.2 Å². The minimum absolute atomic E-state index is 0.392. The third-order valence-corrected chi connectivity index (χ3v) is 3.75. The van der Waals surface area contributed by atoms with E-state index in [4.69, 9.17) is 16.3 Å². The number of rotatable bonds is 4. The summed E-state index contributed by atoms with van der Waals surface area (Å²) in [6.45, 7) is 2.01. The molecule has 0 bridgehead atoms. The summed E-state index contributed by atoms with van der Waals surface area (Å²) >= 11 is 5.98. The predicted molar refractivity (Wildman–Crippen MR) is 64.9 cm³/mol. The summed E-state index contributed by atoms with van der Waals surface area (Å²) in [5.41, 5.74) is 0.205. The average Bonchev–Trinajstić information content (AvgIpc) is 3.13. The highest BCUT2D eigenvalue weighted by molar-refractivity contribution is 6.32. The second-order valence-corrected chi connectivity index (χ2v) is 4.81. The van der Waals surface area contributed by atoms with Gasteiger partial charge >= 0.3 is 0 Å². The zero-order valence-electron chi connectivity index (χ0n) is 9.66. The minimum atomic E-state index is -0.710. The molecule has 3 heteroatoms. The molecule has 1 aliphatic rings. The van der Waals surface area contributed by atoms with E-state index >= 15 is 0 Å². The largest absolute Gasteiger partial charge is 0.495 e. The summed E-state index contributed by atoms with van der Waals surface area (Å²) in [5, 5.41) is 11.2. The number of halogens is 1. The number of methoxy groups -OCH3 is 1. The van der Waals surface area contributed by atoms with Crippen LogP contribution in [0.1, 0.15) is 31.7 Å². The molecule has 0 aliphatic heterocycles. The van der Waals surface area contributed by atoms with Crippen LogP contribution in [0.4, 0.5) is 0 Å². The molecule has 1 aliphatic carbocycles. The number of ether oxygens (including phenoxy) is 1. The van der Waals surface area contributed by atoms with E-state index in [0.29, 0.717) is 16.7 Å². The van der Waals surface area contributed by atoms with Crippen molar-refractivity contribution in [2.24, 2.45) is 5.92 Å². The predicted octanol–water partition coefficient (Wildman–Crippen LogP) is 3.36. The Kier molecular flexibility index (Phi) is 3.13. The first-order valence-electron chi connectivity index (χ1n) is 5.68. The quantitative estimate of drug-likeness (QED) is 0.875. The lowest BCUT2D eigenvalue weighted by atomic mass is 9.86. The van der Waals surface area contributed by atoms with Gasteiger partial charge in [-0.2, -0.15) is 0 Å². The third kappa shape index (κ3) is 1.92. The van der Waals surface area contributed by atoms with Gasteiger partial charge in [-0.3, -0.25) is 0 Å². The SMILES string of the molecule is CCC(O)(c1ccc(Cl)c(OC)c1)C1CC1. The molecule has 0 aromatic heterocycles. The van der Waals surface area contributed by atoms with Crippen LogP contribution >= 0.6 is 11.6 Å². The van der Waals surface area contributed by atoms with Crippen molar-refractivity contribution in [2.75, 3.05) is 7.11 Å². The van der Waals surface area contributed by atoms with E-state index in [-0.39, 0.29) is 0 Å². The second-order valence-electron chi connectivity index (χ2n) is 4.40. The Morgan fingerprint density at radius 3 is 2.69 bits per heavy atom. The number of benzene rings is 1. The van der Waals surface area contributed by atoms with Crippen LogP contribution in [0, 0.1) is 5.92 Å². The van der Waals surface area contributed by atoms with E-state index in [0.717, 1.165) is 24.8 Å². The third-order valence-electron chi connectivity index (χ3n) is 3.44.